The summed E-state index contributed by atoms with van der Waals surface area (Å²) in [5.74, 6) is 0.643. The van der Waals surface area contributed by atoms with Crippen molar-refractivity contribution in [2.75, 3.05) is 13.2 Å². The zero-order chi connectivity index (χ0) is 22.1. The topological polar surface area (TPSA) is 76.7 Å². The van der Waals surface area contributed by atoms with E-state index in [0.717, 1.165) is 10.0 Å². The second kappa shape index (κ2) is 12.0. The lowest BCUT2D eigenvalue weighted by atomic mass is 10.0. The molecule has 0 bridgehead atoms. The highest BCUT2D eigenvalue weighted by Crippen LogP contribution is 2.29. The van der Waals surface area contributed by atoms with Crippen molar-refractivity contribution >= 4 is 50.9 Å². The molecule has 2 rings (SSSR count). The van der Waals surface area contributed by atoms with Gasteiger partial charge in [0.2, 0.25) is 5.91 Å². The third kappa shape index (κ3) is 8.05. The summed E-state index contributed by atoms with van der Waals surface area (Å²) in [7, 11) is 0. The lowest BCUT2D eigenvalue weighted by Crippen LogP contribution is -2.43. The van der Waals surface area contributed by atoms with Crippen molar-refractivity contribution in [3.8, 4) is 11.5 Å². The van der Waals surface area contributed by atoms with Gasteiger partial charge in [-0.15, -0.1) is 0 Å². The number of hydrazine groups is 1. The Morgan fingerprint density at radius 3 is 2.37 bits per heavy atom. The van der Waals surface area contributed by atoms with Crippen molar-refractivity contribution in [1.29, 1.82) is 0 Å². The number of rotatable bonds is 9. The Hall–Kier alpha value is -1.96. The maximum atomic E-state index is 11.9. The summed E-state index contributed by atoms with van der Waals surface area (Å²) in [6.45, 7) is 4.26. The van der Waals surface area contributed by atoms with Crippen LogP contribution in [0.4, 0.5) is 0 Å². The van der Waals surface area contributed by atoms with Crippen LogP contribution < -0.4 is 20.3 Å². The summed E-state index contributed by atoms with van der Waals surface area (Å²) in [5.41, 5.74) is 5.83. The van der Waals surface area contributed by atoms with Gasteiger partial charge in [-0.25, -0.2) is 0 Å². The fraction of sp³-hybridized carbons (Fsp3) is 0.333. The van der Waals surface area contributed by atoms with Crippen LogP contribution in [0.15, 0.2) is 40.9 Å². The van der Waals surface area contributed by atoms with Crippen LogP contribution in [-0.4, -0.2) is 25.0 Å². The number of carbonyl (C=O) groups excluding carboxylic acids is 2. The molecule has 0 atom stereocenters. The van der Waals surface area contributed by atoms with E-state index in [1.165, 1.54) is 0 Å². The molecule has 0 aliphatic carbocycles. The van der Waals surface area contributed by atoms with Gasteiger partial charge in [0.05, 0.1) is 16.1 Å². The van der Waals surface area contributed by atoms with E-state index in [0.29, 0.717) is 40.5 Å². The maximum Gasteiger partial charge on any atom is 0.276 e. The zero-order valence-corrected chi connectivity index (χ0v) is 19.7. The van der Waals surface area contributed by atoms with Gasteiger partial charge < -0.3 is 9.47 Å². The number of carbonyl (C=O) groups is 2. The highest BCUT2D eigenvalue weighted by atomic mass is 79.9. The Kier molecular flexibility index (Phi) is 9.75. The van der Waals surface area contributed by atoms with Gasteiger partial charge in [0.15, 0.2) is 6.61 Å². The highest BCUT2D eigenvalue weighted by molar-refractivity contribution is 9.10. The Bertz CT molecular complexity index is 893. The van der Waals surface area contributed by atoms with Crippen LogP contribution in [0.5, 0.6) is 11.5 Å². The van der Waals surface area contributed by atoms with Crippen LogP contribution in [0.2, 0.25) is 10.0 Å². The fourth-order valence-corrected chi connectivity index (χ4v) is 3.36. The first-order valence-electron chi connectivity index (χ1n) is 9.34. The van der Waals surface area contributed by atoms with E-state index in [1.807, 2.05) is 12.1 Å². The van der Waals surface area contributed by atoms with Gasteiger partial charge in [-0.05, 0) is 64.2 Å². The highest BCUT2D eigenvalue weighted by Gasteiger charge is 2.09. The van der Waals surface area contributed by atoms with Crippen LogP contribution in [0.1, 0.15) is 38.2 Å². The van der Waals surface area contributed by atoms with Crippen molar-refractivity contribution in [3.05, 3.63) is 56.5 Å². The van der Waals surface area contributed by atoms with E-state index < -0.39 is 5.91 Å². The van der Waals surface area contributed by atoms with Gasteiger partial charge in [-0.2, -0.15) is 0 Å². The molecule has 0 saturated heterocycles. The Labute approximate surface area is 194 Å². The summed E-state index contributed by atoms with van der Waals surface area (Å²) in [4.78, 5) is 23.7. The average molecular weight is 518 g/mol. The van der Waals surface area contributed by atoms with Crippen LogP contribution in [0.3, 0.4) is 0 Å². The van der Waals surface area contributed by atoms with Crippen LogP contribution in [0.25, 0.3) is 0 Å². The van der Waals surface area contributed by atoms with Crippen LogP contribution in [0, 0.1) is 0 Å². The molecule has 0 unspecified atom stereocenters. The van der Waals surface area contributed by atoms with Gasteiger partial charge in [0, 0.05) is 11.4 Å². The number of halogens is 3. The lowest BCUT2D eigenvalue weighted by molar-refractivity contribution is -0.130. The van der Waals surface area contributed by atoms with E-state index >= 15 is 0 Å². The average Bonchev–Trinajstić information content (AvgIpc) is 2.69. The molecule has 0 heterocycles. The number of amides is 2. The summed E-state index contributed by atoms with van der Waals surface area (Å²) in [6.07, 6.45) is 0.626. The Morgan fingerprint density at radius 1 is 1.00 bits per heavy atom. The lowest BCUT2D eigenvalue weighted by Gasteiger charge is -2.12. The minimum absolute atomic E-state index is 0.175. The third-order valence-electron chi connectivity index (χ3n) is 4.02. The zero-order valence-electron chi connectivity index (χ0n) is 16.6. The molecule has 0 aliphatic rings. The molecule has 0 spiro atoms. The first kappa shape index (κ1) is 24.3. The minimum atomic E-state index is -0.465. The van der Waals surface area contributed by atoms with Gasteiger partial charge in [-0.1, -0.05) is 43.1 Å². The molecule has 2 aromatic carbocycles. The quantitative estimate of drug-likeness (QED) is 0.351. The van der Waals surface area contributed by atoms with Crippen LogP contribution >= 0.6 is 39.1 Å². The molecule has 2 N–H and O–H groups in total. The van der Waals surface area contributed by atoms with Gasteiger partial charge in [0.1, 0.15) is 11.5 Å². The molecule has 0 radical (unpaired) electrons. The van der Waals surface area contributed by atoms with Crippen molar-refractivity contribution in [2.45, 2.75) is 32.6 Å². The summed E-state index contributed by atoms with van der Waals surface area (Å²) >= 11 is 15.3. The Balaban J connectivity index is 1.64. The first-order chi connectivity index (χ1) is 14.3. The fourth-order valence-electron chi connectivity index (χ4n) is 2.38. The number of nitrogens with one attached hydrogen (secondary N) is 2. The number of hydrogen-bond acceptors (Lipinski definition) is 4. The van der Waals surface area contributed by atoms with Crippen molar-refractivity contribution in [1.82, 2.24) is 10.9 Å². The standard InChI is InChI=1S/C21H23BrCl2N2O4/c1-13(2)14-5-7-18(16(22)10-14)30-12-21(28)26-25-20(27)4-3-9-29-19-8-6-15(23)11-17(19)24/h5-8,10-11,13H,3-4,9,12H2,1-2H3,(H,25,27)(H,26,28). The number of hydrogen-bond donors (Lipinski definition) is 2. The van der Waals surface area contributed by atoms with Crippen LogP contribution in [-0.2, 0) is 9.59 Å². The van der Waals surface area contributed by atoms with E-state index in [-0.39, 0.29) is 18.9 Å². The Morgan fingerprint density at radius 2 is 1.70 bits per heavy atom. The van der Waals surface area contributed by atoms with Gasteiger partial charge >= 0.3 is 0 Å². The molecular formula is C21H23BrCl2N2O4. The second-order valence-corrected chi connectivity index (χ2v) is 8.45. The summed E-state index contributed by atoms with van der Waals surface area (Å²) < 4.78 is 11.8. The van der Waals surface area contributed by atoms with E-state index in [2.05, 4.69) is 40.6 Å². The molecule has 0 aliphatic heterocycles. The van der Waals surface area contributed by atoms with Crippen molar-refractivity contribution < 1.29 is 19.1 Å². The predicted molar refractivity (Wildman–Crippen MR) is 121 cm³/mol. The molecule has 2 amide bonds. The molecular weight excluding hydrogens is 495 g/mol. The molecule has 9 heteroatoms. The third-order valence-corrected chi connectivity index (χ3v) is 5.17. The maximum absolute atomic E-state index is 11.9. The molecule has 0 aromatic heterocycles. The van der Waals surface area contributed by atoms with E-state index in [4.69, 9.17) is 32.7 Å². The van der Waals surface area contributed by atoms with E-state index in [9.17, 15) is 9.59 Å². The molecule has 0 saturated carbocycles. The first-order valence-corrected chi connectivity index (χ1v) is 10.9. The minimum Gasteiger partial charge on any atom is -0.492 e. The number of ether oxygens (including phenoxy) is 2. The molecule has 162 valence electrons. The molecule has 30 heavy (non-hydrogen) atoms. The monoisotopic (exact) mass is 516 g/mol. The number of benzene rings is 2. The summed E-state index contributed by atoms with van der Waals surface area (Å²) in [5, 5.41) is 0.927. The molecule has 0 fully saturated rings. The van der Waals surface area contributed by atoms with Gasteiger partial charge in [-0.3, -0.25) is 20.4 Å². The molecule has 2 aromatic rings. The van der Waals surface area contributed by atoms with Crippen molar-refractivity contribution in [3.63, 3.8) is 0 Å². The van der Waals surface area contributed by atoms with Crippen molar-refractivity contribution in [2.24, 2.45) is 0 Å². The smallest absolute Gasteiger partial charge is 0.276 e. The molecule has 6 nitrogen and oxygen atoms in total. The SMILES string of the molecule is CC(C)c1ccc(OCC(=O)NNC(=O)CCCOc2ccc(Cl)cc2Cl)c(Br)c1. The largest absolute Gasteiger partial charge is 0.492 e. The predicted octanol–water partition coefficient (Wildman–Crippen LogP) is 5.26. The second-order valence-electron chi connectivity index (χ2n) is 6.76. The van der Waals surface area contributed by atoms with E-state index in [1.54, 1.807) is 24.3 Å². The normalized spacial score (nSPS) is 10.6. The van der Waals surface area contributed by atoms with Gasteiger partial charge in [0.25, 0.3) is 5.91 Å². The summed E-state index contributed by atoms with van der Waals surface area (Å²) in [6, 6.07) is 10.6.